The second-order valence-corrected chi connectivity index (χ2v) is 5.85. The Labute approximate surface area is 134 Å². The Hall–Kier alpha value is -1.48. The Morgan fingerprint density at radius 1 is 1.17 bits per heavy atom. The van der Waals surface area contributed by atoms with Gasteiger partial charge in [0.05, 0.1) is 12.7 Å². The van der Waals surface area contributed by atoms with Crippen molar-refractivity contribution in [1.82, 2.24) is 0 Å². The lowest BCUT2D eigenvalue weighted by Gasteiger charge is -2.31. The van der Waals surface area contributed by atoms with Gasteiger partial charge in [-0.05, 0) is 13.0 Å². The van der Waals surface area contributed by atoms with Gasteiger partial charge in [0.2, 0.25) is 0 Å². The fourth-order valence-electron chi connectivity index (χ4n) is 3.04. The summed E-state index contributed by atoms with van der Waals surface area (Å²) in [5.74, 6) is -3.27. The summed E-state index contributed by atoms with van der Waals surface area (Å²) in [6, 6.07) is 3.02. The molecule has 24 heavy (non-hydrogen) atoms. The largest absolute Gasteiger partial charge is 0.496 e. The van der Waals surface area contributed by atoms with Crippen molar-refractivity contribution in [3.8, 4) is 5.75 Å². The predicted molar refractivity (Wildman–Crippen MR) is 71.5 cm³/mol. The van der Waals surface area contributed by atoms with Gasteiger partial charge in [-0.3, -0.25) is 0 Å². The molecule has 1 aromatic rings. The van der Waals surface area contributed by atoms with E-state index in [1.807, 2.05) is 0 Å². The van der Waals surface area contributed by atoms with Gasteiger partial charge in [-0.15, -0.1) is 0 Å². The van der Waals surface area contributed by atoms with E-state index in [1.165, 1.54) is 13.0 Å². The molecular weight excluding hydrogens is 342 g/mol. The van der Waals surface area contributed by atoms with Crippen LogP contribution in [0.25, 0.3) is 0 Å². The van der Waals surface area contributed by atoms with Gasteiger partial charge in [-0.1, -0.05) is 19.1 Å². The number of aliphatic hydroxyl groups excluding tert-OH is 1. The molecule has 2 rings (SSSR count). The Morgan fingerprint density at radius 2 is 1.75 bits per heavy atom. The molecule has 1 aliphatic rings. The first-order chi connectivity index (χ1) is 10.8. The molecule has 1 aromatic carbocycles. The molecule has 136 valence electrons. The maximum Gasteiger partial charge on any atom is 0.419 e. The topological polar surface area (TPSA) is 38.7 Å². The standard InChI is InChI=1S/C15H16F6O3/c1-7-10(12(22)24-13(7,2)15(19,20)21)8-5-4-6-9(11(8)23-3)14(16,17)18/h4-7,10,12,22H,1-3H3/t7?,10?,12-,13?/m1/s1. The number of hydrogen-bond donors (Lipinski definition) is 1. The van der Waals surface area contributed by atoms with Crippen LogP contribution >= 0.6 is 0 Å². The summed E-state index contributed by atoms with van der Waals surface area (Å²) in [7, 11) is 0.990. The molecule has 3 nitrogen and oxygen atoms in total. The van der Waals surface area contributed by atoms with Crippen LogP contribution in [0.3, 0.4) is 0 Å². The lowest BCUT2D eigenvalue weighted by Crippen LogP contribution is -2.46. The molecule has 0 aromatic heterocycles. The zero-order valence-electron chi connectivity index (χ0n) is 13.0. The molecule has 1 N–H and O–H groups in total. The highest BCUT2D eigenvalue weighted by Gasteiger charge is 2.64. The van der Waals surface area contributed by atoms with Crippen molar-refractivity contribution >= 4 is 0 Å². The van der Waals surface area contributed by atoms with E-state index in [0.717, 1.165) is 26.2 Å². The van der Waals surface area contributed by atoms with Gasteiger partial charge < -0.3 is 14.6 Å². The highest BCUT2D eigenvalue weighted by atomic mass is 19.4. The Kier molecular flexibility index (Phi) is 4.56. The minimum absolute atomic E-state index is 0.180. The van der Waals surface area contributed by atoms with Crippen LogP contribution in [0.2, 0.25) is 0 Å². The number of methoxy groups -OCH3 is 1. The van der Waals surface area contributed by atoms with Crippen molar-refractivity contribution in [2.45, 2.75) is 44.0 Å². The monoisotopic (exact) mass is 358 g/mol. The van der Waals surface area contributed by atoms with Gasteiger partial charge in [0.15, 0.2) is 11.9 Å². The molecule has 0 radical (unpaired) electrons. The minimum atomic E-state index is -4.79. The first-order valence-corrected chi connectivity index (χ1v) is 7.01. The van der Waals surface area contributed by atoms with Gasteiger partial charge in [0, 0.05) is 17.4 Å². The second-order valence-electron chi connectivity index (χ2n) is 5.85. The smallest absolute Gasteiger partial charge is 0.419 e. The molecule has 0 bridgehead atoms. The first-order valence-electron chi connectivity index (χ1n) is 7.01. The van der Waals surface area contributed by atoms with Crippen LogP contribution in [0.5, 0.6) is 5.75 Å². The summed E-state index contributed by atoms with van der Waals surface area (Å²) >= 11 is 0. The van der Waals surface area contributed by atoms with E-state index in [9.17, 15) is 31.4 Å². The molecule has 1 heterocycles. The molecule has 1 saturated heterocycles. The molecule has 3 unspecified atom stereocenters. The van der Waals surface area contributed by atoms with E-state index in [-0.39, 0.29) is 5.56 Å². The zero-order valence-corrected chi connectivity index (χ0v) is 13.0. The summed E-state index contributed by atoms with van der Waals surface area (Å²) in [5.41, 5.74) is -3.99. The number of rotatable bonds is 2. The normalized spacial score (nSPS) is 31.3. The van der Waals surface area contributed by atoms with Crippen LogP contribution in [0, 0.1) is 5.92 Å². The van der Waals surface area contributed by atoms with Gasteiger partial charge in [-0.2, -0.15) is 26.3 Å². The van der Waals surface area contributed by atoms with Crippen molar-refractivity contribution in [2.75, 3.05) is 7.11 Å². The third-order valence-electron chi connectivity index (χ3n) is 4.56. The quantitative estimate of drug-likeness (QED) is 0.809. The van der Waals surface area contributed by atoms with Crippen LogP contribution in [0.4, 0.5) is 26.3 Å². The van der Waals surface area contributed by atoms with Crippen LogP contribution < -0.4 is 4.74 Å². The maximum absolute atomic E-state index is 13.3. The average Bonchev–Trinajstić information content (AvgIpc) is 2.67. The second kappa shape index (κ2) is 5.80. The number of alkyl halides is 6. The van der Waals surface area contributed by atoms with Crippen molar-refractivity contribution in [2.24, 2.45) is 5.92 Å². The van der Waals surface area contributed by atoms with E-state index >= 15 is 0 Å². The predicted octanol–water partition coefficient (Wildman–Crippen LogP) is 4.10. The SMILES string of the molecule is COc1c(C2C(C)C(C)(C(F)(F)F)O[C@H]2O)cccc1C(F)(F)F. The van der Waals surface area contributed by atoms with E-state index in [4.69, 9.17) is 9.47 Å². The first kappa shape index (κ1) is 18.9. The Bertz CT molecular complexity index is 612. The van der Waals surface area contributed by atoms with Gasteiger partial charge in [0.1, 0.15) is 5.75 Å². The Morgan fingerprint density at radius 3 is 2.17 bits per heavy atom. The summed E-state index contributed by atoms with van der Waals surface area (Å²) in [4.78, 5) is 0. The number of benzene rings is 1. The van der Waals surface area contributed by atoms with Crippen molar-refractivity contribution in [3.63, 3.8) is 0 Å². The number of aliphatic hydroxyl groups is 1. The van der Waals surface area contributed by atoms with E-state index in [1.54, 1.807) is 0 Å². The molecule has 0 amide bonds. The van der Waals surface area contributed by atoms with Gasteiger partial charge in [-0.25, -0.2) is 0 Å². The molecule has 0 aliphatic carbocycles. The van der Waals surface area contributed by atoms with Crippen LogP contribution in [-0.2, 0) is 10.9 Å². The van der Waals surface area contributed by atoms with E-state index in [2.05, 4.69) is 0 Å². The highest BCUT2D eigenvalue weighted by Crippen LogP contribution is 2.54. The van der Waals surface area contributed by atoms with E-state index < -0.39 is 47.4 Å². The number of ether oxygens (including phenoxy) is 2. The van der Waals surface area contributed by atoms with E-state index in [0.29, 0.717) is 0 Å². The van der Waals surface area contributed by atoms with Crippen LogP contribution in [-0.4, -0.2) is 30.3 Å². The summed E-state index contributed by atoms with van der Waals surface area (Å²) in [5, 5.41) is 9.97. The lowest BCUT2D eigenvalue weighted by molar-refractivity contribution is -0.291. The lowest BCUT2D eigenvalue weighted by atomic mass is 9.78. The molecule has 1 fully saturated rings. The fraction of sp³-hybridized carbons (Fsp3) is 0.600. The average molecular weight is 358 g/mol. The van der Waals surface area contributed by atoms with Crippen LogP contribution in [0.1, 0.15) is 30.9 Å². The van der Waals surface area contributed by atoms with Crippen molar-refractivity contribution < 1.29 is 40.9 Å². The molecule has 4 atom stereocenters. The summed E-state index contributed by atoms with van der Waals surface area (Å²) < 4.78 is 88.5. The number of hydrogen-bond acceptors (Lipinski definition) is 3. The number of halogens is 6. The highest BCUT2D eigenvalue weighted by molar-refractivity contribution is 5.46. The van der Waals surface area contributed by atoms with Crippen LogP contribution in [0.15, 0.2) is 18.2 Å². The Balaban J connectivity index is 2.57. The fourth-order valence-corrected chi connectivity index (χ4v) is 3.04. The zero-order chi connectivity index (χ0) is 18.5. The molecule has 1 aliphatic heterocycles. The minimum Gasteiger partial charge on any atom is -0.496 e. The molecule has 0 spiro atoms. The molecule has 0 saturated carbocycles. The maximum atomic E-state index is 13.3. The van der Waals surface area contributed by atoms with Gasteiger partial charge >= 0.3 is 12.4 Å². The number of para-hydroxylation sites is 1. The summed E-state index contributed by atoms with van der Waals surface area (Å²) in [6.45, 7) is 1.94. The van der Waals surface area contributed by atoms with Crippen molar-refractivity contribution in [3.05, 3.63) is 29.3 Å². The third kappa shape index (κ3) is 2.83. The van der Waals surface area contributed by atoms with Gasteiger partial charge in [0.25, 0.3) is 0 Å². The molecule has 9 heteroatoms. The molecular formula is C15H16F6O3. The summed E-state index contributed by atoms with van der Waals surface area (Å²) in [6.07, 6.45) is -11.5. The third-order valence-corrected chi connectivity index (χ3v) is 4.56. The van der Waals surface area contributed by atoms with Crippen molar-refractivity contribution in [1.29, 1.82) is 0 Å².